The van der Waals surface area contributed by atoms with Crippen LogP contribution in [-0.4, -0.2) is 57.8 Å². The summed E-state index contributed by atoms with van der Waals surface area (Å²) in [6, 6.07) is 5.26. The minimum atomic E-state index is -0.0596. The highest BCUT2D eigenvalue weighted by molar-refractivity contribution is 5.74. The van der Waals surface area contributed by atoms with Gasteiger partial charge in [-0.3, -0.25) is 14.3 Å². The number of likely N-dealkylation sites (tertiary alicyclic amines) is 1. The number of hydrogen-bond acceptors (Lipinski definition) is 5. The Morgan fingerprint density at radius 3 is 2.83 bits per heavy atom. The Bertz CT molecular complexity index is 871. The van der Waals surface area contributed by atoms with Crippen molar-refractivity contribution in [2.45, 2.75) is 38.3 Å². The van der Waals surface area contributed by atoms with E-state index in [0.29, 0.717) is 37.8 Å². The van der Waals surface area contributed by atoms with Gasteiger partial charge in [-0.05, 0) is 43.7 Å². The van der Waals surface area contributed by atoms with Crippen LogP contribution in [0.25, 0.3) is 11.3 Å². The summed E-state index contributed by atoms with van der Waals surface area (Å²) < 4.78 is 7.21. The molecule has 0 radical (unpaired) electrons. The third-order valence-corrected chi connectivity index (χ3v) is 5.70. The highest BCUT2D eigenvalue weighted by atomic mass is 16.5. The van der Waals surface area contributed by atoms with Gasteiger partial charge < -0.3 is 15.0 Å². The summed E-state index contributed by atoms with van der Waals surface area (Å²) in [5.74, 6) is 0.362. The van der Waals surface area contributed by atoms with Crippen molar-refractivity contribution in [2.24, 2.45) is 5.92 Å². The molecule has 2 saturated heterocycles. The van der Waals surface area contributed by atoms with Crippen LogP contribution in [0.3, 0.4) is 0 Å². The molecule has 2 aromatic rings. The van der Waals surface area contributed by atoms with Gasteiger partial charge in [-0.25, -0.2) is 9.78 Å². The average Bonchev–Trinajstić information content (AvgIpc) is 3.28. The molecule has 4 rings (SSSR count). The van der Waals surface area contributed by atoms with Crippen molar-refractivity contribution in [2.75, 3.05) is 26.2 Å². The maximum absolute atomic E-state index is 12.5. The molecule has 2 aliphatic heterocycles. The quantitative estimate of drug-likeness (QED) is 0.832. The van der Waals surface area contributed by atoms with Gasteiger partial charge in [0.2, 0.25) is 0 Å². The number of nitrogens with zero attached hydrogens (tertiary/aromatic N) is 4. The van der Waals surface area contributed by atoms with Crippen LogP contribution < -0.4 is 10.9 Å². The molecule has 1 atom stereocenters. The summed E-state index contributed by atoms with van der Waals surface area (Å²) >= 11 is 0. The molecule has 8 heteroatoms. The number of nitrogens with one attached hydrogen (secondary N) is 1. The van der Waals surface area contributed by atoms with Gasteiger partial charge in [0.05, 0.1) is 18.1 Å². The maximum Gasteiger partial charge on any atom is 0.317 e. The minimum absolute atomic E-state index is 0.0152. The molecule has 2 amide bonds. The molecule has 29 heavy (non-hydrogen) atoms. The van der Waals surface area contributed by atoms with Crippen molar-refractivity contribution in [3.05, 3.63) is 47.3 Å². The van der Waals surface area contributed by atoms with Gasteiger partial charge in [-0.2, -0.15) is 0 Å². The number of aromatic nitrogens is 3. The number of carbonyl (C=O) groups is 1. The third-order valence-electron chi connectivity index (χ3n) is 5.70. The Hall–Kier alpha value is -2.74. The molecule has 0 saturated carbocycles. The first-order valence-electron chi connectivity index (χ1n) is 10.3. The molecular weight excluding hydrogens is 370 g/mol. The van der Waals surface area contributed by atoms with Crippen LogP contribution in [0.5, 0.6) is 0 Å². The second kappa shape index (κ2) is 9.17. The summed E-state index contributed by atoms with van der Waals surface area (Å²) in [4.78, 5) is 35.2. The van der Waals surface area contributed by atoms with Crippen LogP contribution >= 0.6 is 0 Å². The van der Waals surface area contributed by atoms with E-state index in [0.717, 1.165) is 37.9 Å². The molecule has 0 aromatic carbocycles. The summed E-state index contributed by atoms with van der Waals surface area (Å²) in [6.45, 7) is 3.42. The highest BCUT2D eigenvalue weighted by Gasteiger charge is 2.24. The molecule has 0 aliphatic carbocycles. The Balaban J connectivity index is 1.27. The summed E-state index contributed by atoms with van der Waals surface area (Å²) in [6.07, 6.45) is 9.02. The van der Waals surface area contributed by atoms with E-state index in [1.54, 1.807) is 29.4 Å². The Morgan fingerprint density at radius 2 is 2.14 bits per heavy atom. The first-order valence-corrected chi connectivity index (χ1v) is 10.3. The molecule has 0 spiro atoms. The van der Waals surface area contributed by atoms with E-state index in [4.69, 9.17) is 4.74 Å². The van der Waals surface area contributed by atoms with E-state index in [1.165, 1.54) is 0 Å². The minimum Gasteiger partial charge on any atom is -0.376 e. The first-order chi connectivity index (χ1) is 14.2. The number of ether oxygens (including phenoxy) is 1. The predicted octanol–water partition coefficient (Wildman–Crippen LogP) is 1.91. The normalized spacial score (nSPS) is 20.0. The van der Waals surface area contributed by atoms with Crippen LogP contribution in [0.4, 0.5) is 4.79 Å². The van der Waals surface area contributed by atoms with E-state index >= 15 is 0 Å². The van der Waals surface area contributed by atoms with Gasteiger partial charge in [0.25, 0.3) is 5.56 Å². The lowest BCUT2D eigenvalue weighted by Gasteiger charge is -2.32. The van der Waals surface area contributed by atoms with Gasteiger partial charge in [-0.15, -0.1) is 0 Å². The standard InChI is InChI=1S/C21H27N5O3/c27-20-11-19(17-3-1-7-22-12-17)24-15-26(20)14-16-5-8-25(9-6-16)21(28)23-13-18-4-2-10-29-18/h1,3,7,11-12,15-16,18H,2,4-6,8-10,13-14H2,(H,23,28). The SMILES string of the molecule is O=C(NCC1CCCO1)N1CCC(Cn2cnc(-c3cccnc3)cc2=O)CC1. The second-order valence-electron chi connectivity index (χ2n) is 7.76. The molecule has 1 unspecified atom stereocenters. The van der Waals surface area contributed by atoms with Gasteiger partial charge in [0.1, 0.15) is 0 Å². The highest BCUT2D eigenvalue weighted by Crippen LogP contribution is 2.19. The summed E-state index contributed by atoms with van der Waals surface area (Å²) in [5.41, 5.74) is 1.41. The Kier molecular flexibility index (Phi) is 6.19. The van der Waals surface area contributed by atoms with Gasteiger partial charge >= 0.3 is 6.03 Å². The summed E-state index contributed by atoms with van der Waals surface area (Å²) in [7, 11) is 0. The smallest absolute Gasteiger partial charge is 0.317 e. The lowest BCUT2D eigenvalue weighted by Crippen LogP contribution is -2.46. The molecule has 8 nitrogen and oxygen atoms in total. The zero-order chi connectivity index (χ0) is 20.1. The number of piperidine rings is 1. The van der Waals surface area contributed by atoms with Crippen molar-refractivity contribution >= 4 is 6.03 Å². The van der Waals surface area contributed by atoms with Crippen molar-refractivity contribution < 1.29 is 9.53 Å². The number of carbonyl (C=O) groups excluding carboxylic acids is 1. The lowest BCUT2D eigenvalue weighted by atomic mass is 9.97. The van der Waals surface area contributed by atoms with Crippen molar-refractivity contribution in [3.63, 3.8) is 0 Å². The van der Waals surface area contributed by atoms with E-state index in [2.05, 4.69) is 15.3 Å². The monoisotopic (exact) mass is 397 g/mol. The molecule has 1 N–H and O–H groups in total. The van der Waals surface area contributed by atoms with E-state index in [9.17, 15) is 9.59 Å². The van der Waals surface area contributed by atoms with Crippen molar-refractivity contribution in [1.29, 1.82) is 0 Å². The molecule has 2 aliphatic rings. The number of pyridine rings is 1. The number of rotatable bonds is 5. The largest absolute Gasteiger partial charge is 0.376 e. The molecule has 4 heterocycles. The van der Waals surface area contributed by atoms with Gasteiger partial charge in [0, 0.05) is 56.8 Å². The average molecular weight is 397 g/mol. The Labute approximate surface area is 169 Å². The fraction of sp³-hybridized carbons (Fsp3) is 0.524. The van der Waals surface area contributed by atoms with Gasteiger partial charge in [0.15, 0.2) is 0 Å². The van der Waals surface area contributed by atoms with E-state index in [1.807, 2.05) is 17.0 Å². The fourth-order valence-corrected chi connectivity index (χ4v) is 3.95. The lowest BCUT2D eigenvalue weighted by molar-refractivity contribution is 0.107. The van der Waals surface area contributed by atoms with Crippen LogP contribution in [-0.2, 0) is 11.3 Å². The topological polar surface area (TPSA) is 89.3 Å². The van der Waals surface area contributed by atoms with Crippen LogP contribution in [0.1, 0.15) is 25.7 Å². The number of urea groups is 1. The Morgan fingerprint density at radius 1 is 1.28 bits per heavy atom. The van der Waals surface area contributed by atoms with Crippen molar-refractivity contribution in [1.82, 2.24) is 24.8 Å². The molecule has 0 bridgehead atoms. The number of amides is 2. The summed E-state index contributed by atoms with van der Waals surface area (Å²) in [5, 5.41) is 2.98. The number of hydrogen-bond donors (Lipinski definition) is 1. The van der Waals surface area contributed by atoms with E-state index < -0.39 is 0 Å². The second-order valence-corrected chi connectivity index (χ2v) is 7.76. The third kappa shape index (κ3) is 5.00. The van der Waals surface area contributed by atoms with Crippen molar-refractivity contribution in [3.8, 4) is 11.3 Å². The van der Waals surface area contributed by atoms with Gasteiger partial charge in [-0.1, -0.05) is 0 Å². The van der Waals surface area contributed by atoms with E-state index in [-0.39, 0.29) is 17.7 Å². The van der Waals surface area contributed by atoms with Crippen LogP contribution in [0.15, 0.2) is 41.7 Å². The molecule has 2 aromatic heterocycles. The van der Waals surface area contributed by atoms with Crippen LogP contribution in [0, 0.1) is 5.92 Å². The zero-order valence-corrected chi connectivity index (χ0v) is 16.5. The predicted molar refractivity (Wildman–Crippen MR) is 108 cm³/mol. The maximum atomic E-state index is 12.5. The fourth-order valence-electron chi connectivity index (χ4n) is 3.95. The molecule has 2 fully saturated rings. The zero-order valence-electron chi connectivity index (χ0n) is 16.5. The first kappa shape index (κ1) is 19.6. The molecular formula is C21H27N5O3. The molecule has 154 valence electrons. The van der Waals surface area contributed by atoms with Crippen LogP contribution in [0.2, 0.25) is 0 Å².